The highest BCUT2D eigenvalue weighted by atomic mass is 32.2. The van der Waals surface area contributed by atoms with Crippen LogP contribution >= 0.6 is 0 Å². The summed E-state index contributed by atoms with van der Waals surface area (Å²) in [6, 6.07) is 15.5. The first-order valence-electron chi connectivity index (χ1n) is 7.82. The summed E-state index contributed by atoms with van der Waals surface area (Å²) < 4.78 is 26.9. The smallest absolute Gasteiger partial charge is 0.255 e. The van der Waals surface area contributed by atoms with Gasteiger partial charge in [-0.1, -0.05) is 35.9 Å². The molecule has 24 heavy (non-hydrogen) atoms. The van der Waals surface area contributed by atoms with Crippen molar-refractivity contribution in [1.82, 2.24) is 9.21 Å². The number of carbonyl (C=O) groups is 1. The van der Waals surface area contributed by atoms with E-state index in [1.807, 2.05) is 19.9 Å². The Morgan fingerprint density at radius 3 is 2.29 bits per heavy atom. The normalized spacial score (nSPS) is 18.8. The predicted molar refractivity (Wildman–Crippen MR) is 92.0 cm³/mol. The molecule has 0 spiro atoms. The third-order valence-corrected chi connectivity index (χ3v) is 6.06. The maximum absolute atomic E-state index is 12.8. The first-order valence-corrected chi connectivity index (χ1v) is 9.26. The third kappa shape index (κ3) is 3.07. The second-order valence-electron chi connectivity index (χ2n) is 6.08. The van der Waals surface area contributed by atoms with E-state index in [4.69, 9.17) is 0 Å². The molecule has 0 aliphatic carbocycles. The Morgan fingerprint density at radius 2 is 1.67 bits per heavy atom. The summed E-state index contributed by atoms with van der Waals surface area (Å²) in [5.41, 5.74) is 1.57. The molecule has 1 fully saturated rings. The van der Waals surface area contributed by atoms with E-state index in [1.54, 1.807) is 53.4 Å². The molecule has 2 aromatic carbocycles. The fraction of sp³-hybridized carbons (Fsp3) is 0.278. The second kappa shape index (κ2) is 6.37. The Kier molecular flexibility index (Phi) is 4.43. The predicted octanol–water partition coefficient (Wildman–Crippen LogP) is 2.49. The van der Waals surface area contributed by atoms with E-state index >= 15 is 0 Å². The van der Waals surface area contributed by atoms with Crippen molar-refractivity contribution in [2.75, 3.05) is 13.2 Å². The van der Waals surface area contributed by atoms with Crippen LogP contribution in [0.2, 0.25) is 0 Å². The van der Waals surface area contributed by atoms with Crippen molar-refractivity contribution in [3.05, 3.63) is 65.7 Å². The van der Waals surface area contributed by atoms with Crippen LogP contribution in [0.4, 0.5) is 0 Å². The first kappa shape index (κ1) is 16.7. The highest BCUT2D eigenvalue weighted by Gasteiger charge is 2.38. The van der Waals surface area contributed by atoms with E-state index in [9.17, 15) is 13.2 Å². The molecule has 5 nitrogen and oxygen atoms in total. The molecule has 0 saturated carbocycles. The summed E-state index contributed by atoms with van der Waals surface area (Å²) >= 11 is 0. The van der Waals surface area contributed by atoms with Crippen molar-refractivity contribution in [3.8, 4) is 0 Å². The lowest BCUT2D eigenvalue weighted by Gasteiger charge is -2.21. The number of aryl methyl sites for hydroxylation is 1. The number of nitrogens with zero attached hydrogens (tertiary/aromatic N) is 2. The van der Waals surface area contributed by atoms with Gasteiger partial charge in [-0.05, 0) is 38.1 Å². The Balaban J connectivity index is 1.83. The second-order valence-corrected chi connectivity index (χ2v) is 8.02. The number of rotatable bonds is 3. The molecular formula is C18H20N2O3S. The summed E-state index contributed by atoms with van der Waals surface area (Å²) in [5, 5.41) is 0. The van der Waals surface area contributed by atoms with Crippen LogP contribution in [0.1, 0.15) is 22.8 Å². The van der Waals surface area contributed by atoms with Crippen LogP contribution in [-0.4, -0.2) is 42.8 Å². The average Bonchev–Trinajstić information content (AvgIpc) is 2.98. The fourth-order valence-electron chi connectivity index (χ4n) is 2.80. The van der Waals surface area contributed by atoms with Gasteiger partial charge in [-0.25, -0.2) is 8.42 Å². The van der Waals surface area contributed by atoms with E-state index in [2.05, 4.69) is 0 Å². The zero-order valence-corrected chi connectivity index (χ0v) is 14.5. The van der Waals surface area contributed by atoms with Crippen LogP contribution in [0.3, 0.4) is 0 Å². The summed E-state index contributed by atoms with van der Waals surface area (Å²) in [6.45, 7) is 4.15. The van der Waals surface area contributed by atoms with Crippen LogP contribution < -0.4 is 0 Å². The molecule has 6 heteroatoms. The fourth-order valence-corrected chi connectivity index (χ4v) is 4.27. The van der Waals surface area contributed by atoms with Gasteiger partial charge in [0.05, 0.1) is 11.6 Å². The molecular weight excluding hydrogens is 324 g/mol. The monoisotopic (exact) mass is 344 g/mol. The average molecular weight is 344 g/mol. The Morgan fingerprint density at radius 1 is 1.04 bits per heavy atom. The lowest BCUT2D eigenvalue weighted by molar-refractivity contribution is 0.0740. The SMILES string of the molecule is Cc1ccc(S(=O)(=O)N2CC(C)N(C(=O)c3ccccc3)C2)cc1. The molecule has 1 heterocycles. The van der Waals surface area contributed by atoms with Crippen molar-refractivity contribution < 1.29 is 13.2 Å². The summed E-state index contributed by atoms with van der Waals surface area (Å²) in [7, 11) is -3.60. The molecule has 0 N–H and O–H groups in total. The van der Waals surface area contributed by atoms with E-state index in [1.165, 1.54) is 4.31 Å². The molecule has 0 radical (unpaired) electrons. The number of carbonyl (C=O) groups excluding carboxylic acids is 1. The maximum Gasteiger partial charge on any atom is 0.255 e. The van der Waals surface area contributed by atoms with Gasteiger partial charge in [-0.2, -0.15) is 4.31 Å². The van der Waals surface area contributed by atoms with Crippen molar-refractivity contribution in [2.24, 2.45) is 0 Å². The van der Waals surface area contributed by atoms with E-state index in [-0.39, 0.29) is 23.5 Å². The Bertz CT molecular complexity index is 832. The van der Waals surface area contributed by atoms with Crippen LogP contribution in [0, 0.1) is 6.92 Å². The van der Waals surface area contributed by atoms with Crippen molar-refractivity contribution in [2.45, 2.75) is 24.8 Å². The summed E-state index contributed by atoms with van der Waals surface area (Å²) in [4.78, 5) is 14.5. The molecule has 126 valence electrons. The van der Waals surface area contributed by atoms with Gasteiger partial charge in [0.2, 0.25) is 10.0 Å². The molecule has 3 rings (SSSR count). The standard InChI is InChI=1S/C18H20N2O3S/c1-14-8-10-17(11-9-14)24(22,23)19-12-15(2)20(13-19)18(21)16-6-4-3-5-7-16/h3-11,15H,12-13H2,1-2H3. The zero-order chi connectivity index (χ0) is 17.3. The van der Waals surface area contributed by atoms with Gasteiger partial charge < -0.3 is 4.90 Å². The number of benzene rings is 2. The van der Waals surface area contributed by atoms with Crippen LogP contribution in [0.5, 0.6) is 0 Å². The van der Waals surface area contributed by atoms with Gasteiger partial charge in [-0.3, -0.25) is 4.79 Å². The largest absolute Gasteiger partial charge is 0.321 e. The van der Waals surface area contributed by atoms with Gasteiger partial charge in [0.15, 0.2) is 0 Å². The van der Waals surface area contributed by atoms with Crippen LogP contribution in [-0.2, 0) is 10.0 Å². The number of sulfonamides is 1. The lowest BCUT2D eigenvalue weighted by atomic mass is 10.2. The van der Waals surface area contributed by atoms with Crippen molar-refractivity contribution >= 4 is 15.9 Å². The molecule has 1 atom stereocenters. The minimum absolute atomic E-state index is 0.0745. The zero-order valence-electron chi connectivity index (χ0n) is 13.7. The molecule has 1 unspecified atom stereocenters. The highest BCUT2D eigenvalue weighted by Crippen LogP contribution is 2.24. The van der Waals surface area contributed by atoms with Gasteiger partial charge in [0, 0.05) is 18.2 Å². The third-order valence-electron chi connectivity index (χ3n) is 4.25. The van der Waals surface area contributed by atoms with Crippen molar-refractivity contribution in [1.29, 1.82) is 0 Å². The summed E-state index contributed by atoms with van der Waals surface area (Å²) in [6.07, 6.45) is 0. The van der Waals surface area contributed by atoms with Crippen LogP contribution in [0.25, 0.3) is 0 Å². The van der Waals surface area contributed by atoms with Gasteiger partial charge in [0.25, 0.3) is 5.91 Å². The topological polar surface area (TPSA) is 57.7 Å². The number of amides is 1. The molecule has 1 aliphatic heterocycles. The lowest BCUT2D eigenvalue weighted by Crippen LogP contribution is -2.36. The minimum Gasteiger partial charge on any atom is -0.321 e. The van der Waals surface area contributed by atoms with E-state index < -0.39 is 10.0 Å². The quantitative estimate of drug-likeness (QED) is 0.859. The van der Waals surface area contributed by atoms with Gasteiger partial charge in [-0.15, -0.1) is 0 Å². The molecule has 0 bridgehead atoms. The molecule has 1 amide bonds. The van der Waals surface area contributed by atoms with E-state index in [0.29, 0.717) is 12.1 Å². The van der Waals surface area contributed by atoms with Gasteiger partial charge in [0.1, 0.15) is 0 Å². The molecule has 2 aromatic rings. The van der Waals surface area contributed by atoms with Crippen molar-refractivity contribution in [3.63, 3.8) is 0 Å². The summed E-state index contributed by atoms with van der Waals surface area (Å²) in [5.74, 6) is -0.148. The maximum atomic E-state index is 12.8. The van der Waals surface area contributed by atoms with Gasteiger partial charge >= 0.3 is 0 Å². The molecule has 1 saturated heterocycles. The Hall–Kier alpha value is -2.18. The van der Waals surface area contributed by atoms with E-state index in [0.717, 1.165) is 5.56 Å². The highest BCUT2D eigenvalue weighted by molar-refractivity contribution is 7.89. The number of hydrogen-bond acceptors (Lipinski definition) is 3. The Labute approximate surface area is 142 Å². The molecule has 1 aliphatic rings. The van der Waals surface area contributed by atoms with Crippen LogP contribution in [0.15, 0.2) is 59.5 Å². The number of hydrogen-bond donors (Lipinski definition) is 0. The minimum atomic E-state index is -3.60. The first-order chi connectivity index (χ1) is 11.4. The molecule has 0 aromatic heterocycles.